The number of aromatic nitrogens is 1. The summed E-state index contributed by atoms with van der Waals surface area (Å²) < 4.78 is 5.45. The Hall–Kier alpha value is -3.09. The van der Waals surface area contributed by atoms with Crippen molar-refractivity contribution in [3.05, 3.63) is 48.2 Å². The summed E-state index contributed by atoms with van der Waals surface area (Å²) in [6, 6.07) is 10.9. The van der Waals surface area contributed by atoms with Crippen molar-refractivity contribution in [3.63, 3.8) is 0 Å². The molecular weight excluding hydrogens is 370 g/mol. The number of carboxylic acids is 1. The van der Waals surface area contributed by atoms with Crippen LogP contribution in [0.1, 0.15) is 36.5 Å². The van der Waals surface area contributed by atoms with Gasteiger partial charge in [-0.3, -0.25) is 9.59 Å². The van der Waals surface area contributed by atoms with Gasteiger partial charge in [0.25, 0.3) is 5.91 Å². The molecule has 1 aromatic heterocycles. The summed E-state index contributed by atoms with van der Waals surface area (Å²) in [6.45, 7) is 3.28. The third-order valence-corrected chi connectivity index (χ3v) is 6.05. The molecule has 2 aliphatic rings. The Morgan fingerprint density at radius 1 is 1.31 bits per heavy atom. The van der Waals surface area contributed by atoms with Crippen LogP contribution in [-0.2, 0) is 4.79 Å². The number of carbonyl (C=O) groups excluding carboxylic acids is 1. The van der Waals surface area contributed by atoms with Crippen LogP contribution in [0.5, 0.6) is 5.75 Å². The van der Waals surface area contributed by atoms with Crippen LogP contribution in [-0.4, -0.2) is 46.6 Å². The molecule has 2 N–H and O–H groups in total. The molecule has 0 radical (unpaired) electrons. The Bertz CT molecular complexity index is 915. The molecule has 1 aromatic carbocycles. The second-order valence-corrected chi connectivity index (χ2v) is 7.72. The highest BCUT2D eigenvalue weighted by atomic mass is 16.5. The maximum Gasteiger partial charge on any atom is 0.311 e. The van der Waals surface area contributed by atoms with Crippen molar-refractivity contribution in [2.75, 3.05) is 25.0 Å². The Labute approximate surface area is 169 Å². The summed E-state index contributed by atoms with van der Waals surface area (Å²) in [5.74, 6) is 0.306. The number of likely N-dealkylation sites (tertiary alicyclic amines) is 1. The topological polar surface area (TPSA) is 91.8 Å². The quantitative estimate of drug-likeness (QED) is 0.777. The molecule has 2 fully saturated rings. The monoisotopic (exact) mass is 395 g/mol. The average molecular weight is 395 g/mol. The van der Waals surface area contributed by atoms with E-state index in [4.69, 9.17) is 4.74 Å². The summed E-state index contributed by atoms with van der Waals surface area (Å²) in [5, 5.41) is 13.0. The minimum atomic E-state index is -0.791. The molecule has 2 aromatic rings. The molecule has 1 saturated carbocycles. The number of benzene rings is 1. The molecule has 2 heterocycles. The molecule has 4 rings (SSSR count). The van der Waals surface area contributed by atoms with E-state index in [-0.39, 0.29) is 18.4 Å². The minimum absolute atomic E-state index is 0.0307. The number of fused-ring (bicyclic) bond motifs is 1. The number of carbonyl (C=O) groups is 2. The highest BCUT2D eigenvalue weighted by Gasteiger charge is 2.55. The maximum absolute atomic E-state index is 13.2. The number of nitrogens with zero attached hydrogens (tertiary/aromatic N) is 2. The van der Waals surface area contributed by atoms with Gasteiger partial charge >= 0.3 is 5.97 Å². The van der Waals surface area contributed by atoms with E-state index < -0.39 is 11.4 Å². The number of rotatable bonds is 6. The maximum atomic E-state index is 13.2. The summed E-state index contributed by atoms with van der Waals surface area (Å²) in [7, 11) is 0. The van der Waals surface area contributed by atoms with Crippen molar-refractivity contribution in [3.8, 4) is 5.75 Å². The molecule has 0 unspecified atom stereocenters. The molecule has 0 spiro atoms. The summed E-state index contributed by atoms with van der Waals surface area (Å²) in [6.07, 6.45) is 4.04. The van der Waals surface area contributed by atoms with Crippen molar-refractivity contribution < 1.29 is 19.4 Å². The van der Waals surface area contributed by atoms with Crippen LogP contribution in [0.2, 0.25) is 0 Å². The number of hydrogen-bond donors (Lipinski definition) is 2. The van der Waals surface area contributed by atoms with E-state index >= 15 is 0 Å². The average Bonchev–Trinajstić information content (AvgIpc) is 3.28. The van der Waals surface area contributed by atoms with Gasteiger partial charge in [0.1, 0.15) is 11.6 Å². The molecule has 7 heteroatoms. The largest absolute Gasteiger partial charge is 0.494 e. The van der Waals surface area contributed by atoms with Crippen LogP contribution < -0.4 is 10.1 Å². The lowest BCUT2D eigenvalue weighted by Crippen LogP contribution is -2.37. The van der Waals surface area contributed by atoms with E-state index in [0.717, 1.165) is 24.3 Å². The Kier molecular flexibility index (Phi) is 5.13. The highest BCUT2D eigenvalue weighted by Crippen LogP contribution is 2.49. The molecule has 1 saturated heterocycles. The summed E-state index contributed by atoms with van der Waals surface area (Å²) >= 11 is 0. The third-order valence-electron chi connectivity index (χ3n) is 6.05. The number of hydrogen-bond acceptors (Lipinski definition) is 5. The van der Waals surface area contributed by atoms with Crippen molar-refractivity contribution >= 4 is 23.4 Å². The first-order valence-electron chi connectivity index (χ1n) is 10.0. The van der Waals surface area contributed by atoms with E-state index in [2.05, 4.69) is 10.3 Å². The summed E-state index contributed by atoms with van der Waals surface area (Å²) in [5.41, 5.74) is 0.448. The van der Waals surface area contributed by atoms with Crippen molar-refractivity contribution in [1.29, 1.82) is 0 Å². The van der Waals surface area contributed by atoms with Gasteiger partial charge in [0.15, 0.2) is 0 Å². The first kappa shape index (κ1) is 19.2. The fourth-order valence-corrected chi connectivity index (χ4v) is 4.58. The Morgan fingerprint density at radius 2 is 2.10 bits per heavy atom. The molecule has 7 nitrogen and oxygen atoms in total. The minimum Gasteiger partial charge on any atom is -0.494 e. The van der Waals surface area contributed by atoms with Crippen LogP contribution in [0.25, 0.3) is 0 Å². The highest BCUT2D eigenvalue weighted by molar-refractivity contribution is 6.00. The van der Waals surface area contributed by atoms with Gasteiger partial charge in [0.05, 0.1) is 17.6 Å². The first-order valence-corrected chi connectivity index (χ1v) is 10.0. The van der Waals surface area contributed by atoms with Gasteiger partial charge < -0.3 is 20.1 Å². The lowest BCUT2D eigenvalue weighted by Gasteiger charge is -2.23. The van der Waals surface area contributed by atoms with E-state index in [0.29, 0.717) is 31.0 Å². The van der Waals surface area contributed by atoms with Gasteiger partial charge in [0.2, 0.25) is 0 Å². The predicted octanol–water partition coefficient (Wildman–Crippen LogP) is 3.55. The van der Waals surface area contributed by atoms with Gasteiger partial charge in [-0.2, -0.15) is 0 Å². The van der Waals surface area contributed by atoms with Crippen molar-refractivity contribution in [2.24, 2.45) is 11.3 Å². The van der Waals surface area contributed by atoms with Crippen molar-refractivity contribution in [2.45, 2.75) is 26.2 Å². The summed E-state index contributed by atoms with van der Waals surface area (Å²) in [4.78, 5) is 31.2. The predicted molar refractivity (Wildman–Crippen MR) is 108 cm³/mol. The number of nitrogens with one attached hydrogen (secondary N) is 1. The van der Waals surface area contributed by atoms with E-state index in [1.807, 2.05) is 31.2 Å². The van der Waals surface area contributed by atoms with Crippen LogP contribution in [0, 0.1) is 11.3 Å². The lowest BCUT2D eigenvalue weighted by atomic mass is 9.81. The molecular formula is C22H25N3O4. The van der Waals surface area contributed by atoms with Gasteiger partial charge in [-0.1, -0.05) is 6.42 Å². The van der Waals surface area contributed by atoms with Gasteiger partial charge in [-0.25, -0.2) is 4.98 Å². The lowest BCUT2D eigenvalue weighted by molar-refractivity contribution is -0.149. The fourth-order valence-electron chi connectivity index (χ4n) is 4.58. The van der Waals surface area contributed by atoms with Crippen LogP contribution in [0.15, 0.2) is 42.6 Å². The fraction of sp³-hybridized carbons (Fsp3) is 0.409. The zero-order valence-corrected chi connectivity index (χ0v) is 16.4. The zero-order chi connectivity index (χ0) is 20.4. The standard InChI is InChI=1S/C22H25N3O4/c1-2-29-17-9-7-16(8-10-17)24-19-18(6-4-12-23-19)20(26)25-13-15-5-3-11-22(15,14-25)21(27)28/h4,6-10,12,15H,2-3,5,11,13-14H2,1H3,(H,23,24)(H,27,28)/t15-,22+/m0/s1. The van der Waals surface area contributed by atoms with Crippen LogP contribution >= 0.6 is 0 Å². The van der Waals surface area contributed by atoms with Crippen molar-refractivity contribution in [1.82, 2.24) is 9.88 Å². The zero-order valence-electron chi connectivity index (χ0n) is 16.4. The molecule has 152 valence electrons. The number of amides is 1. The number of ether oxygens (including phenoxy) is 1. The van der Waals surface area contributed by atoms with E-state index in [9.17, 15) is 14.7 Å². The van der Waals surface area contributed by atoms with Gasteiger partial charge in [-0.15, -0.1) is 0 Å². The first-order chi connectivity index (χ1) is 14.0. The van der Waals surface area contributed by atoms with Gasteiger partial charge in [0, 0.05) is 25.0 Å². The smallest absolute Gasteiger partial charge is 0.311 e. The van der Waals surface area contributed by atoms with Crippen LogP contribution in [0.3, 0.4) is 0 Å². The van der Waals surface area contributed by atoms with Gasteiger partial charge in [-0.05, 0) is 62.1 Å². The third kappa shape index (κ3) is 3.52. The SMILES string of the molecule is CCOc1ccc(Nc2ncccc2C(=O)N2C[C@@H]3CCC[C@@]3(C(=O)O)C2)cc1. The van der Waals surface area contributed by atoms with E-state index in [1.165, 1.54) is 0 Å². The molecule has 2 atom stereocenters. The molecule has 1 aliphatic heterocycles. The molecule has 29 heavy (non-hydrogen) atoms. The van der Waals surface area contributed by atoms with Crippen LogP contribution in [0.4, 0.5) is 11.5 Å². The number of anilines is 2. The normalized spacial score (nSPS) is 22.9. The van der Waals surface area contributed by atoms with E-state index in [1.54, 1.807) is 23.2 Å². The second-order valence-electron chi connectivity index (χ2n) is 7.72. The number of pyridine rings is 1. The number of carboxylic acid groups (broad SMARTS) is 1. The number of aliphatic carboxylic acids is 1. The Morgan fingerprint density at radius 3 is 2.79 bits per heavy atom. The molecule has 0 bridgehead atoms. The molecule has 1 aliphatic carbocycles. The molecule has 1 amide bonds. The second kappa shape index (κ2) is 7.73. The Balaban J connectivity index is 1.54.